The average molecular weight is 294 g/mol. The van der Waals surface area contributed by atoms with Gasteiger partial charge in [0.25, 0.3) is 0 Å². The third-order valence-corrected chi connectivity index (χ3v) is 3.17. The molecule has 0 saturated heterocycles. The van der Waals surface area contributed by atoms with E-state index in [4.69, 9.17) is 4.74 Å². The molecule has 110 valence electrons. The molecule has 3 rings (SSSR count). The van der Waals surface area contributed by atoms with Gasteiger partial charge in [0.05, 0.1) is 18.3 Å². The summed E-state index contributed by atoms with van der Waals surface area (Å²) < 4.78 is 7.60. The molecule has 0 aliphatic carbocycles. The lowest BCUT2D eigenvalue weighted by molar-refractivity contribution is 0.193. The summed E-state index contributed by atoms with van der Waals surface area (Å²) in [4.78, 5) is 3.90. The fourth-order valence-electron chi connectivity index (χ4n) is 2.14. The maximum atomic E-state index is 9.23. The minimum atomic E-state index is -0.145. The van der Waals surface area contributed by atoms with Crippen LogP contribution in [0, 0.1) is 11.3 Å². The molecule has 7 nitrogen and oxygen atoms in total. The Morgan fingerprint density at radius 2 is 2.32 bits per heavy atom. The van der Waals surface area contributed by atoms with Gasteiger partial charge in [-0.2, -0.15) is 15.5 Å². The van der Waals surface area contributed by atoms with E-state index in [2.05, 4.69) is 26.3 Å². The zero-order valence-electron chi connectivity index (χ0n) is 12.0. The van der Waals surface area contributed by atoms with Gasteiger partial charge in [-0.3, -0.25) is 5.10 Å². The molecule has 0 amide bonds. The van der Waals surface area contributed by atoms with Crippen molar-refractivity contribution in [2.45, 2.75) is 19.6 Å². The minimum absolute atomic E-state index is 0.145. The van der Waals surface area contributed by atoms with E-state index in [1.807, 2.05) is 19.1 Å². The first kappa shape index (κ1) is 13.8. The van der Waals surface area contributed by atoms with Crippen LogP contribution in [-0.2, 0) is 6.54 Å². The molecule has 0 fully saturated rings. The third-order valence-electron chi connectivity index (χ3n) is 3.17. The standard InChI is InChI=1S/C15H14N6O/c1-11(8-21-10-17-9-20-21)22-15-4-12(2-3-13(15)5-16)14-6-18-19-7-14/h2-4,6-7,9-11H,8H2,1H3,(H,18,19)/t11-/m0/s1. The van der Waals surface area contributed by atoms with Crippen LogP contribution in [0.4, 0.5) is 0 Å². The van der Waals surface area contributed by atoms with Crippen molar-refractivity contribution in [1.29, 1.82) is 5.26 Å². The molecule has 7 heteroatoms. The lowest BCUT2D eigenvalue weighted by Gasteiger charge is -2.16. The summed E-state index contributed by atoms with van der Waals surface area (Å²) in [5.74, 6) is 0.550. The van der Waals surface area contributed by atoms with Crippen LogP contribution in [0.1, 0.15) is 12.5 Å². The maximum Gasteiger partial charge on any atom is 0.138 e. The van der Waals surface area contributed by atoms with Gasteiger partial charge in [-0.1, -0.05) is 6.07 Å². The minimum Gasteiger partial charge on any atom is -0.487 e. The second-order valence-electron chi connectivity index (χ2n) is 4.86. The summed E-state index contributed by atoms with van der Waals surface area (Å²) in [5, 5.41) is 20.0. The number of ether oxygens (including phenoxy) is 1. The molecule has 0 saturated carbocycles. The fraction of sp³-hybridized carbons (Fsp3) is 0.200. The number of benzene rings is 1. The van der Waals surface area contributed by atoms with Crippen molar-refractivity contribution in [2.75, 3.05) is 0 Å². The first-order valence-electron chi connectivity index (χ1n) is 6.78. The molecule has 0 bridgehead atoms. The molecule has 1 N–H and O–H groups in total. The first-order valence-corrected chi connectivity index (χ1v) is 6.78. The highest BCUT2D eigenvalue weighted by molar-refractivity contribution is 5.65. The number of nitriles is 1. The van der Waals surface area contributed by atoms with Crippen molar-refractivity contribution in [1.82, 2.24) is 25.0 Å². The maximum absolute atomic E-state index is 9.23. The zero-order chi connectivity index (χ0) is 15.4. The van der Waals surface area contributed by atoms with Gasteiger partial charge < -0.3 is 4.74 Å². The topological polar surface area (TPSA) is 92.4 Å². The molecule has 22 heavy (non-hydrogen) atoms. The molecule has 0 unspecified atom stereocenters. The Morgan fingerprint density at radius 1 is 1.41 bits per heavy atom. The highest BCUT2D eigenvalue weighted by Gasteiger charge is 2.11. The van der Waals surface area contributed by atoms with Crippen molar-refractivity contribution in [2.24, 2.45) is 0 Å². The summed E-state index contributed by atoms with van der Waals surface area (Å²) in [6.07, 6.45) is 6.49. The van der Waals surface area contributed by atoms with Crippen molar-refractivity contribution >= 4 is 0 Å². The molecule has 0 aliphatic heterocycles. The van der Waals surface area contributed by atoms with Crippen LogP contribution in [0.3, 0.4) is 0 Å². The van der Waals surface area contributed by atoms with E-state index in [0.717, 1.165) is 11.1 Å². The first-order chi connectivity index (χ1) is 10.8. The van der Waals surface area contributed by atoms with E-state index >= 15 is 0 Å². The van der Waals surface area contributed by atoms with Crippen LogP contribution >= 0.6 is 0 Å². The van der Waals surface area contributed by atoms with E-state index in [9.17, 15) is 5.26 Å². The summed E-state index contributed by atoms with van der Waals surface area (Å²) in [6.45, 7) is 2.48. The van der Waals surface area contributed by atoms with E-state index in [0.29, 0.717) is 17.9 Å². The Hall–Kier alpha value is -3.14. The van der Waals surface area contributed by atoms with Gasteiger partial charge >= 0.3 is 0 Å². The molecule has 2 aromatic heterocycles. The Morgan fingerprint density at radius 3 is 3.00 bits per heavy atom. The van der Waals surface area contributed by atoms with Gasteiger partial charge in [-0.05, 0) is 24.6 Å². The predicted molar refractivity (Wildman–Crippen MR) is 78.9 cm³/mol. The Labute approximate surface area is 127 Å². The summed E-state index contributed by atoms with van der Waals surface area (Å²) in [7, 11) is 0. The average Bonchev–Trinajstić information content (AvgIpc) is 3.20. The Balaban J connectivity index is 1.82. The third kappa shape index (κ3) is 2.96. The highest BCUT2D eigenvalue weighted by atomic mass is 16.5. The van der Waals surface area contributed by atoms with Crippen molar-refractivity contribution in [3.8, 4) is 22.9 Å². The van der Waals surface area contributed by atoms with E-state index < -0.39 is 0 Å². The normalized spacial score (nSPS) is 11.8. The van der Waals surface area contributed by atoms with Gasteiger partial charge in [-0.25, -0.2) is 9.67 Å². The number of nitrogens with zero attached hydrogens (tertiary/aromatic N) is 5. The molecular weight excluding hydrogens is 280 g/mol. The van der Waals surface area contributed by atoms with E-state index in [1.54, 1.807) is 29.5 Å². The molecule has 0 aliphatic rings. The number of rotatable bonds is 5. The van der Waals surface area contributed by atoms with Crippen LogP contribution < -0.4 is 4.74 Å². The van der Waals surface area contributed by atoms with Gasteiger partial charge in [0.1, 0.15) is 30.6 Å². The molecule has 2 heterocycles. The molecule has 1 aromatic carbocycles. The van der Waals surface area contributed by atoms with Gasteiger partial charge in [0, 0.05) is 11.8 Å². The van der Waals surface area contributed by atoms with Gasteiger partial charge in [0.2, 0.25) is 0 Å². The van der Waals surface area contributed by atoms with E-state index in [1.165, 1.54) is 6.33 Å². The summed E-state index contributed by atoms with van der Waals surface area (Å²) in [5.41, 5.74) is 2.38. The smallest absolute Gasteiger partial charge is 0.138 e. The number of H-pyrrole nitrogens is 1. The number of nitrogens with one attached hydrogen (secondary N) is 1. The largest absolute Gasteiger partial charge is 0.487 e. The Bertz CT molecular complexity index is 773. The predicted octanol–water partition coefficient (Wildman–Crippen LogP) is 2.01. The summed E-state index contributed by atoms with van der Waals surface area (Å²) in [6, 6.07) is 7.62. The number of aromatic nitrogens is 5. The second-order valence-corrected chi connectivity index (χ2v) is 4.86. The molecule has 0 spiro atoms. The molecular formula is C15H14N6O. The SMILES string of the molecule is C[C@@H](Cn1cncn1)Oc1cc(-c2cn[nH]c2)ccc1C#N. The van der Waals surface area contributed by atoms with Gasteiger partial charge in [0.15, 0.2) is 0 Å². The molecule has 0 radical (unpaired) electrons. The molecule has 1 atom stereocenters. The lowest BCUT2D eigenvalue weighted by atomic mass is 10.1. The van der Waals surface area contributed by atoms with Crippen LogP contribution in [0.2, 0.25) is 0 Å². The van der Waals surface area contributed by atoms with Crippen LogP contribution in [0.25, 0.3) is 11.1 Å². The summed E-state index contributed by atoms with van der Waals surface area (Å²) >= 11 is 0. The van der Waals surface area contributed by atoms with Crippen LogP contribution in [0.5, 0.6) is 5.75 Å². The monoisotopic (exact) mass is 294 g/mol. The zero-order valence-corrected chi connectivity index (χ0v) is 12.0. The second kappa shape index (κ2) is 6.10. The van der Waals surface area contributed by atoms with Gasteiger partial charge in [-0.15, -0.1) is 0 Å². The van der Waals surface area contributed by atoms with Crippen LogP contribution in [-0.4, -0.2) is 31.1 Å². The number of hydrogen-bond acceptors (Lipinski definition) is 5. The number of aromatic amines is 1. The van der Waals surface area contributed by atoms with E-state index in [-0.39, 0.29) is 6.10 Å². The Kier molecular flexibility index (Phi) is 3.83. The van der Waals surface area contributed by atoms with Crippen molar-refractivity contribution < 1.29 is 4.74 Å². The van der Waals surface area contributed by atoms with Crippen LogP contribution in [0.15, 0.2) is 43.2 Å². The van der Waals surface area contributed by atoms with Crippen molar-refractivity contribution in [3.63, 3.8) is 0 Å². The highest BCUT2D eigenvalue weighted by Crippen LogP contribution is 2.27. The quantitative estimate of drug-likeness (QED) is 0.777. The fourth-order valence-corrected chi connectivity index (χ4v) is 2.14. The number of hydrogen-bond donors (Lipinski definition) is 1. The van der Waals surface area contributed by atoms with Crippen molar-refractivity contribution in [3.05, 3.63) is 48.8 Å². The molecule has 3 aromatic rings. The lowest BCUT2D eigenvalue weighted by Crippen LogP contribution is -2.20.